The summed E-state index contributed by atoms with van der Waals surface area (Å²) in [6.45, 7) is 6.82. The van der Waals surface area contributed by atoms with Crippen molar-refractivity contribution in [3.8, 4) is 0 Å². The molecule has 2 unspecified atom stereocenters. The van der Waals surface area contributed by atoms with Gasteiger partial charge < -0.3 is 5.73 Å². The van der Waals surface area contributed by atoms with E-state index in [0.29, 0.717) is 6.04 Å². The molecule has 0 aliphatic rings. The molecule has 0 aliphatic carbocycles. The molecule has 0 spiro atoms. The Morgan fingerprint density at radius 2 is 1.62 bits per heavy atom. The largest absolute Gasteiger partial charge is 0.328 e. The molecule has 80 valence electrons. The van der Waals surface area contributed by atoms with Crippen LogP contribution < -0.4 is 5.73 Å². The normalized spacial score (nSPS) is 15.7. The molecule has 0 aromatic rings. The standard InChI is InChI=1S/C12H27N/c1-4-6-8-11(3)9-10-12(13)7-5-2/h11-12H,4-10,13H2,1-3H3. The summed E-state index contributed by atoms with van der Waals surface area (Å²) in [7, 11) is 0. The lowest BCUT2D eigenvalue weighted by Gasteiger charge is -2.14. The zero-order valence-electron chi connectivity index (χ0n) is 9.68. The molecule has 0 saturated heterocycles. The van der Waals surface area contributed by atoms with Gasteiger partial charge in [-0.05, 0) is 25.2 Å². The van der Waals surface area contributed by atoms with E-state index in [4.69, 9.17) is 5.73 Å². The number of nitrogens with two attached hydrogens (primary N) is 1. The summed E-state index contributed by atoms with van der Waals surface area (Å²) in [5.41, 5.74) is 5.96. The predicted molar refractivity (Wildman–Crippen MR) is 60.8 cm³/mol. The van der Waals surface area contributed by atoms with Crippen molar-refractivity contribution >= 4 is 0 Å². The summed E-state index contributed by atoms with van der Waals surface area (Å²) in [5.74, 6) is 0.878. The fourth-order valence-corrected chi connectivity index (χ4v) is 1.71. The Balaban J connectivity index is 3.29. The van der Waals surface area contributed by atoms with Gasteiger partial charge in [0.15, 0.2) is 0 Å². The van der Waals surface area contributed by atoms with E-state index in [1.54, 1.807) is 0 Å². The van der Waals surface area contributed by atoms with Gasteiger partial charge >= 0.3 is 0 Å². The van der Waals surface area contributed by atoms with Crippen molar-refractivity contribution in [1.29, 1.82) is 0 Å². The second-order valence-electron chi connectivity index (χ2n) is 4.37. The maximum atomic E-state index is 5.96. The molecule has 0 aliphatic heterocycles. The minimum Gasteiger partial charge on any atom is -0.328 e. The Morgan fingerprint density at radius 1 is 0.923 bits per heavy atom. The van der Waals surface area contributed by atoms with Crippen LogP contribution >= 0.6 is 0 Å². The Labute approximate surface area is 84.1 Å². The third kappa shape index (κ3) is 8.29. The predicted octanol–water partition coefficient (Wildman–Crippen LogP) is 3.72. The molecule has 2 atom stereocenters. The van der Waals surface area contributed by atoms with Gasteiger partial charge in [0.1, 0.15) is 0 Å². The van der Waals surface area contributed by atoms with Crippen LogP contribution in [0.4, 0.5) is 0 Å². The zero-order chi connectivity index (χ0) is 10.1. The first-order chi connectivity index (χ1) is 6.20. The first-order valence-corrected chi connectivity index (χ1v) is 5.96. The zero-order valence-corrected chi connectivity index (χ0v) is 9.68. The molecule has 0 aromatic heterocycles. The molecular formula is C12H27N. The Morgan fingerprint density at radius 3 is 2.15 bits per heavy atom. The van der Waals surface area contributed by atoms with Crippen LogP contribution in [0.3, 0.4) is 0 Å². The molecule has 1 heteroatoms. The Bertz CT molecular complexity index is 101. The Hall–Kier alpha value is -0.0400. The molecule has 0 saturated carbocycles. The van der Waals surface area contributed by atoms with Crippen LogP contribution in [0.2, 0.25) is 0 Å². The number of hydrogen-bond acceptors (Lipinski definition) is 1. The molecule has 2 N–H and O–H groups in total. The summed E-state index contributed by atoms with van der Waals surface area (Å²) in [4.78, 5) is 0. The summed E-state index contributed by atoms with van der Waals surface area (Å²) < 4.78 is 0. The monoisotopic (exact) mass is 185 g/mol. The molecule has 0 bridgehead atoms. The van der Waals surface area contributed by atoms with Crippen LogP contribution in [0.15, 0.2) is 0 Å². The van der Waals surface area contributed by atoms with E-state index in [0.717, 1.165) is 5.92 Å². The van der Waals surface area contributed by atoms with Crippen LogP contribution in [0, 0.1) is 5.92 Å². The molecule has 0 fully saturated rings. The van der Waals surface area contributed by atoms with E-state index in [2.05, 4.69) is 20.8 Å². The molecule has 13 heavy (non-hydrogen) atoms. The minimum atomic E-state index is 0.453. The van der Waals surface area contributed by atoms with Crippen molar-refractivity contribution in [2.24, 2.45) is 11.7 Å². The lowest BCUT2D eigenvalue weighted by molar-refractivity contribution is 0.421. The molecule has 0 amide bonds. The number of rotatable bonds is 8. The number of hydrogen-bond donors (Lipinski definition) is 1. The summed E-state index contributed by atoms with van der Waals surface area (Å²) in [6, 6.07) is 0.453. The second-order valence-corrected chi connectivity index (χ2v) is 4.37. The summed E-state index contributed by atoms with van der Waals surface area (Å²) >= 11 is 0. The van der Waals surface area contributed by atoms with E-state index in [-0.39, 0.29) is 0 Å². The minimum absolute atomic E-state index is 0.453. The van der Waals surface area contributed by atoms with Crippen molar-refractivity contribution in [2.45, 2.75) is 71.8 Å². The van der Waals surface area contributed by atoms with Gasteiger partial charge in [-0.2, -0.15) is 0 Å². The fourth-order valence-electron chi connectivity index (χ4n) is 1.71. The van der Waals surface area contributed by atoms with Crippen molar-refractivity contribution in [2.75, 3.05) is 0 Å². The lowest BCUT2D eigenvalue weighted by atomic mass is 9.95. The van der Waals surface area contributed by atoms with Gasteiger partial charge in [0.25, 0.3) is 0 Å². The van der Waals surface area contributed by atoms with Crippen LogP contribution in [-0.2, 0) is 0 Å². The number of unbranched alkanes of at least 4 members (excludes halogenated alkanes) is 1. The maximum absolute atomic E-state index is 5.96. The SMILES string of the molecule is CCCCC(C)CCC(N)CCC. The van der Waals surface area contributed by atoms with E-state index in [9.17, 15) is 0 Å². The average molecular weight is 185 g/mol. The molecule has 0 aromatic carbocycles. The third-order valence-electron chi connectivity index (χ3n) is 2.74. The van der Waals surface area contributed by atoms with Crippen molar-refractivity contribution < 1.29 is 0 Å². The average Bonchev–Trinajstić information content (AvgIpc) is 2.12. The summed E-state index contributed by atoms with van der Waals surface area (Å²) in [6.07, 6.45) is 9.05. The topological polar surface area (TPSA) is 26.0 Å². The van der Waals surface area contributed by atoms with Crippen LogP contribution in [0.25, 0.3) is 0 Å². The second kappa shape index (κ2) is 8.55. The van der Waals surface area contributed by atoms with Crippen molar-refractivity contribution in [3.63, 3.8) is 0 Å². The van der Waals surface area contributed by atoms with E-state index >= 15 is 0 Å². The van der Waals surface area contributed by atoms with Crippen molar-refractivity contribution in [3.05, 3.63) is 0 Å². The lowest BCUT2D eigenvalue weighted by Crippen LogP contribution is -2.20. The quantitative estimate of drug-likeness (QED) is 0.613. The molecule has 1 nitrogen and oxygen atoms in total. The van der Waals surface area contributed by atoms with Crippen molar-refractivity contribution in [1.82, 2.24) is 0 Å². The first-order valence-electron chi connectivity index (χ1n) is 5.96. The van der Waals surface area contributed by atoms with Gasteiger partial charge in [-0.3, -0.25) is 0 Å². The fraction of sp³-hybridized carbons (Fsp3) is 1.00. The first kappa shape index (κ1) is 13.0. The van der Waals surface area contributed by atoms with E-state index in [1.807, 2.05) is 0 Å². The highest BCUT2D eigenvalue weighted by Crippen LogP contribution is 2.15. The van der Waals surface area contributed by atoms with Crippen LogP contribution in [0.5, 0.6) is 0 Å². The van der Waals surface area contributed by atoms with E-state index in [1.165, 1.54) is 44.9 Å². The van der Waals surface area contributed by atoms with Crippen LogP contribution in [0.1, 0.15) is 65.7 Å². The van der Waals surface area contributed by atoms with Gasteiger partial charge in [0.2, 0.25) is 0 Å². The third-order valence-corrected chi connectivity index (χ3v) is 2.74. The smallest absolute Gasteiger partial charge is 0.00388 e. The molecular weight excluding hydrogens is 158 g/mol. The van der Waals surface area contributed by atoms with Gasteiger partial charge in [0.05, 0.1) is 0 Å². The highest BCUT2D eigenvalue weighted by atomic mass is 14.6. The maximum Gasteiger partial charge on any atom is 0.00388 e. The molecule has 0 radical (unpaired) electrons. The highest BCUT2D eigenvalue weighted by Gasteiger charge is 2.05. The Kier molecular flexibility index (Phi) is 8.53. The van der Waals surface area contributed by atoms with Gasteiger partial charge in [-0.15, -0.1) is 0 Å². The van der Waals surface area contributed by atoms with E-state index < -0.39 is 0 Å². The molecule has 0 heterocycles. The highest BCUT2D eigenvalue weighted by molar-refractivity contribution is 4.63. The molecule has 0 rings (SSSR count). The summed E-state index contributed by atoms with van der Waals surface area (Å²) in [5, 5.41) is 0. The van der Waals surface area contributed by atoms with Gasteiger partial charge in [-0.1, -0.05) is 46.5 Å². The van der Waals surface area contributed by atoms with Crippen LogP contribution in [-0.4, -0.2) is 6.04 Å². The van der Waals surface area contributed by atoms with Gasteiger partial charge in [-0.25, -0.2) is 0 Å². The van der Waals surface area contributed by atoms with Gasteiger partial charge in [0, 0.05) is 6.04 Å².